The molecular weight excluding hydrogens is 252 g/mol. The third-order valence-corrected chi connectivity index (χ3v) is 3.83. The minimum atomic E-state index is -0.00573. The zero-order chi connectivity index (χ0) is 14.5. The quantitative estimate of drug-likeness (QED) is 0.891. The summed E-state index contributed by atoms with van der Waals surface area (Å²) in [6, 6.07) is 0.267. The zero-order valence-corrected chi connectivity index (χ0v) is 12.8. The van der Waals surface area contributed by atoms with Gasteiger partial charge in [0.1, 0.15) is 0 Å². The maximum Gasteiger partial charge on any atom is 0.254 e. The van der Waals surface area contributed by atoms with Gasteiger partial charge in [0.05, 0.1) is 11.8 Å². The highest BCUT2D eigenvalue weighted by Gasteiger charge is 2.22. The zero-order valence-electron chi connectivity index (χ0n) is 12.8. The SMILES string of the molecule is CC(C)CCN1CCCC(NC(=O)c2cnn(C)c2)C1. The van der Waals surface area contributed by atoms with E-state index in [2.05, 4.69) is 29.2 Å². The van der Waals surface area contributed by atoms with Crippen LogP contribution in [0.2, 0.25) is 0 Å². The maximum absolute atomic E-state index is 12.1. The Bertz CT molecular complexity index is 441. The summed E-state index contributed by atoms with van der Waals surface area (Å²) in [5.74, 6) is 0.731. The average molecular weight is 278 g/mol. The molecule has 112 valence electrons. The van der Waals surface area contributed by atoms with Crippen LogP contribution in [-0.2, 0) is 7.05 Å². The Balaban J connectivity index is 1.82. The Morgan fingerprint density at radius 2 is 2.35 bits per heavy atom. The van der Waals surface area contributed by atoms with E-state index in [-0.39, 0.29) is 11.9 Å². The van der Waals surface area contributed by atoms with Crippen molar-refractivity contribution in [3.05, 3.63) is 18.0 Å². The summed E-state index contributed by atoms with van der Waals surface area (Å²) >= 11 is 0. The molecule has 1 amide bonds. The fourth-order valence-electron chi connectivity index (χ4n) is 2.62. The number of rotatable bonds is 5. The number of piperidine rings is 1. The third kappa shape index (κ3) is 4.34. The van der Waals surface area contributed by atoms with Gasteiger partial charge in [-0.15, -0.1) is 0 Å². The monoisotopic (exact) mass is 278 g/mol. The molecule has 0 saturated carbocycles. The normalized spacial score (nSPS) is 20.3. The van der Waals surface area contributed by atoms with Crippen LogP contribution in [0.4, 0.5) is 0 Å². The van der Waals surface area contributed by atoms with Crippen LogP contribution in [0.25, 0.3) is 0 Å². The van der Waals surface area contributed by atoms with Crippen molar-refractivity contribution in [3.8, 4) is 0 Å². The number of carbonyl (C=O) groups is 1. The number of aryl methyl sites for hydroxylation is 1. The summed E-state index contributed by atoms with van der Waals surface area (Å²) in [5, 5.41) is 7.17. The Kier molecular flexibility index (Phi) is 5.17. The standard InChI is InChI=1S/C15H26N4O/c1-12(2)6-8-19-7-4-5-14(11-19)17-15(20)13-9-16-18(3)10-13/h9-10,12,14H,4-8,11H2,1-3H3,(H,17,20). The van der Waals surface area contributed by atoms with E-state index in [1.807, 2.05) is 7.05 Å². The summed E-state index contributed by atoms with van der Waals surface area (Å²) in [5.41, 5.74) is 0.645. The van der Waals surface area contributed by atoms with Crippen LogP contribution in [0.3, 0.4) is 0 Å². The van der Waals surface area contributed by atoms with Crippen LogP contribution in [0.15, 0.2) is 12.4 Å². The smallest absolute Gasteiger partial charge is 0.254 e. The van der Waals surface area contributed by atoms with Crippen LogP contribution >= 0.6 is 0 Å². The van der Waals surface area contributed by atoms with Crippen molar-refractivity contribution < 1.29 is 4.79 Å². The van der Waals surface area contributed by atoms with Crippen molar-refractivity contribution in [2.24, 2.45) is 13.0 Å². The Labute approximate surface area is 121 Å². The van der Waals surface area contributed by atoms with Crippen molar-refractivity contribution in [1.82, 2.24) is 20.0 Å². The van der Waals surface area contributed by atoms with Crippen LogP contribution in [0.5, 0.6) is 0 Å². The van der Waals surface area contributed by atoms with Gasteiger partial charge in [-0.2, -0.15) is 5.10 Å². The first-order valence-corrected chi connectivity index (χ1v) is 7.56. The topological polar surface area (TPSA) is 50.2 Å². The molecular formula is C15H26N4O. The highest BCUT2D eigenvalue weighted by atomic mass is 16.1. The Morgan fingerprint density at radius 1 is 1.55 bits per heavy atom. The Hall–Kier alpha value is -1.36. The molecule has 1 aliphatic rings. The van der Waals surface area contributed by atoms with E-state index in [1.54, 1.807) is 17.1 Å². The highest BCUT2D eigenvalue weighted by molar-refractivity contribution is 5.93. The lowest BCUT2D eigenvalue weighted by Crippen LogP contribution is -2.48. The van der Waals surface area contributed by atoms with Crippen molar-refractivity contribution in [2.45, 2.75) is 39.2 Å². The number of likely N-dealkylation sites (tertiary alicyclic amines) is 1. The lowest BCUT2D eigenvalue weighted by Gasteiger charge is -2.33. The van der Waals surface area contributed by atoms with Crippen LogP contribution in [0, 0.1) is 5.92 Å². The van der Waals surface area contributed by atoms with E-state index in [1.165, 1.54) is 6.42 Å². The number of nitrogens with zero attached hydrogens (tertiary/aromatic N) is 3. The second kappa shape index (κ2) is 6.88. The minimum absolute atomic E-state index is 0.00573. The van der Waals surface area contributed by atoms with Gasteiger partial charge in [0.25, 0.3) is 5.91 Å². The van der Waals surface area contributed by atoms with E-state index in [0.29, 0.717) is 5.56 Å². The van der Waals surface area contributed by atoms with Gasteiger partial charge < -0.3 is 10.2 Å². The number of carbonyl (C=O) groups excluding carboxylic acids is 1. The summed E-state index contributed by atoms with van der Waals surface area (Å²) in [6.45, 7) is 7.78. The fourth-order valence-corrected chi connectivity index (χ4v) is 2.62. The molecule has 0 aromatic carbocycles. The van der Waals surface area contributed by atoms with Gasteiger partial charge in [0, 0.05) is 25.8 Å². The molecule has 0 spiro atoms. The second-order valence-electron chi connectivity index (χ2n) is 6.20. The van der Waals surface area contributed by atoms with Gasteiger partial charge in [0.15, 0.2) is 0 Å². The van der Waals surface area contributed by atoms with Crippen LogP contribution in [0.1, 0.15) is 43.5 Å². The summed E-state index contributed by atoms with van der Waals surface area (Å²) in [6.07, 6.45) is 6.84. The highest BCUT2D eigenvalue weighted by Crippen LogP contribution is 2.13. The lowest BCUT2D eigenvalue weighted by atomic mass is 10.0. The second-order valence-corrected chi connectivity index (χ2v) is 6.20. The molecule has 1 fully saturated rings. The van der Waals surface area contributed by atoms with E-state index in [4.69, 9.17) is 0 Å². The van der Waals surface area contributed by atoms with Gasteiger partial charge in [-0.05, 0) is 38.3 Å². The Morgan fingerprint density at radius 3 is 3.00 bits per heavy atom. The van der Waals surface area contributed by atoms with Crippen molar-refractivity contribution in [3.63, 3.8) is 0 Å². The van der Waals surface area contributed by atoms with Crippen molar-refractivity contribution >= 4 is 5.91 Å². The van der Waals surface area contributed by atoms with Gasteiger partial charge in [-0.1, -0.05) is 13.8 Å². The summed E-state index contributed by atoms with van der Waals surface area (Å²) in [4.78, 5) is 14.6. The molecule has 1 atom stereocenters. The van der Waals surface area contributed by atoms with Gasteiger partial charge in [-0.3, -0.25) is 9.48 Å². The van der Waals surface area contributed by atoms with Crippen LogP contribution < -0.4 is 5.32 Å². The molecule has 0 radical (unpaired) electrons. The molecule has 1 aromatic heterocycles. The number of hydrogen-bond donors (Lipinski definition) is 1. The molecule has 1 saturated heterocycles. The lowest BCUT2D eigenvalue weighted by molar-refractivity contribution is 0.0901. The molecule has 2 heterocycles. The van der Waals surface area contributed by atoms with Gasteiger partial charge in [-0.25, -0.2) is 0 Å². The molecule has 1 unspecified atom stereocenters. The summed E-state index contributed by atoms with van der Waals surface area (Å²) in [7, 11) is 1.82. The van der Waals surface area contributed by atoms with Gasteiger partial charge in [0.2, 0.25) is 0 Å². The fraction of sp³-hybridized carbons (Fsp3) is 0.733. The van der Waals surface area contributed by atoms with E-state index < -0.39 is 0 Å². The van der Waals surface area contributed by atoms with Crippen molar-refractivity contribution in [1.29, 1.82) is 0 Å². The molecule has 5 nitrogen and oxygen atoms in total. The van der Waals surface area contributed by atoms with Crippen molar-refractivity contribution in [2.75, 3.05) is 19.6 Å². The predicted molar refractivity (Wildman–Crippen MR) is 79.6 cm³/mol. The van der Waals surface area contributed by atoms with Gasteiger partial charge >= 0.3 is 0 Å². The van der Waals surface area contributed by atoms with Crippen LogP contribution in [-0.4, -0.2) is 46.3 Å². The van der Waals surface area contributed by atoms with E-state index in [9.17, 15) is 4.79 Å². The summed E-state index contributed by atoms with van der Waals surface area (Å²) < 4.78 is 1.66. The molecule has 2 rings (SSSR count). The average Bonchev–Trinajstić information content (AvgIpc) is 2.84. The molecule has 20 heavy (non-hydrogen) atoms. The van der Waals surface area contributed by atoms with E-state index >= 15 is 0 Å². The first kappa shape index (κ1) is 15.0. The first-order valence-electron chi connectivity index (χ1n) is 7.56. The maximum atomic E-state index is 12.1. The predicted octanol–water partition coefficient (Wildman–Crippen LogP) is 1.66. The number of amides is 1. The number of aromatic nitrogens is 2. The minimum Gasteiger partial charge on any atom is -0.348 e. The molecule has 1 N–H and O–H groups in total. The molecule has 1 aliphatic heterocycles. The largest absolute Gasteiger partial charge is 0.348 e. The molecule has 5 heteroatoms. The molecule has 0 bridgehead atoms. The number of nitrogens with one attached hydrogen (secondary N) is 1. The molecule has 1 aromatic rings. The first-order chi connectivity index (χ1) is 9.54. The van der Waals surface area contributed by atoms with E-state index in [0.717, 1.165) is 38.4 Å². The number of hydrogen-bond acceptors (Lipinski definition) is 3. The molecule has 0 aliphatic carbocycles. The third-order valence-electron chi connectivity index (χ3n) is 3.83.